The van der Waals surface area contributed by atoms with Crippen LogP contribution in [0.2, 0.25) is 0 Å². The molecule has 1 aromatic rings. The van der Waals surface area contributed by atoms with Crippen LogP contribution in [0.15, 0.2) is 6.07 Å². The van der Waals surface area contributed by atoms with E-state index in [1.54, 1.807) is 0 Å². The lowest BCUT2D eigenvalue weighted by Crippen LogP contribution is -2.40. The van der Waals surface area contributed by atoms with Gasteiger partial charge in [0.2, 0.25) is 0 Å². The van der Waals surface area contributed by atoms with Crippen molar-refractivity contribution in [1.82, 2.24) is 4.57 Å². The summed E-state index contributed by atoms with van der Waals surface area (Å²) >= 11 is 0. The number of hydrogen-bond acceptors (Lipinski definition) is 3. The largest absolute Gasteiger partial charge is 0.396 e. The molecule has 1 saturated carbocycles. The van der Waals surface area contributed by atoms with Crippen LogP contribution in [0.5, 0.6) is 0 Å². The second-order valence-electron chi connectivity index (χ2n) is 7.08. The number of nitrogens with zero attached hydrogens (tertiary/aromatic N) is 3. The van der Waals surface area contributed by atoms with Gasteiger partial charge in [-0.05, 0) is 37.2 Å². The van der Waals surface area contributed by atoms with E-state index in [1.807, 2.05) is 6.07 Å². The summed E-state index contributed by atoms with van der Waals surface area (Å²) in [6.07, 6.45) is 6.16. The van der Waals surface area contributed by atoms with Crippen molar-refractivity contribution in [2.45, 2.75) is 52.0 Å². The Kier molecular flexibility index (Phi) is 3.84. The summed E-state index contributed by atoms with van der Waals surface area (Å²) in [6, 6.07) is 4.68. The second-order valence-corrected chi connectivity index (χ2v) is 7.08. The van der Waals surface area contributed by atoms with Crippen LogP contribution in [0.4, 0.5) is 11.5 Å². The third-order valence-corrected chi connectivity index (χ3v) is 5.01. The Hall–Kier alpha value is -1.63. The van der Waals surface area contributed by atoms with Crippen molar-refractivity contribution in [1.29, 1.82) is 5.26 Å². The Morgan fingerprint density at radius 2 is 1.81 bits per heavy atom. The van der Waals surface area contributed by atoms with Crippen molar-refractivity contribution in [2.75, 3.05) is 23.7 Å². The van der Waals surface area contributed by atoms with Crippen LogP contribution in [0.25, 0.3) is 0 Å². The van der Waals surface area contributed by atoms with Crippen molar-refractivity contribution in [3.05, 3.63) is 11.8 Å². The van der Waals surface area contributed by atoms with Crippen LogP contribution < -0.4 is 10.6 Å². The zero-order valence-corrected chi connectivity index (χ0v) is 13.2. The zero-order valence-electron chi connectivity index (χ0n) is 13.2. The molecule has 0 spiro atoms. The van der Waals surface area contributed by atoms with Gasteiger partial charge in [-0.1, -0.05) is 26.7 Å². The summed E-state index contributed by atoms with van der Waals surface area (Å²) in [5.41, 5.74) is 7.81. The van der Waals surface area contributed by atoms with E-state index in [1.165, 1.54) is 32.1 Å². The highest BCUT2D eigenvalue weighted by molar-refractivity contribution is 5.68. The molecular formula is C17H26N4. The fourth-order valence-electron chi connectivity index (χ4n) is 4.32. The maximum absolute atomic E-state index is 9.47. The highest BCUT2D eigenvalue weighted by Gasteiger charge is 2.30. The number of piperidine rings is 1. The van der Waals surface area contributed by atoms with Crippen molar-refractivity contribution < 1.29 is 0 Å². The average molecular weight is 286 g/mol. The van der Waals surface area contributed by atoms with E-state index in [0.29, 0.717) is 17.9 Å². The summed E-state index contributed by atoms with van der Waals surface area (Å²) in [7, 11) is 0. The predicted molar refractivity (Wildman–Crippen MR) is 86.2 cm³/mol. The van der Waals surface area contributed by atoms with Crippen LogP contribution in [0.1, 0.15) is 57.7 Å². The molecule has 3 rings (SSSR count). The third-order valence-electron chi connectivity index (χ3n) is 5.01. The normalized spacial score (nSPS) is 27.0. The van der Waals surface area contributed by atoms with Crippen LogP contribution in [0, 0.1) is 23.2 Å². The second kappa shape index (κ2) is 5.63. The first kappa shape index (κ1) is 14.3. The molecule has 2 aliphatic rings. The van der Waals surface area contributed by atoms with Gasteiger partial charge in [-0.3, -0.25) is 0 Å². The van der Waals surface area contributed by atoms with Crippen LogP contribution >= 0.6 is 0 Å². The smallest absolute Gasteiger partial charge is 0.133 e. The minimum Gasteiger partial charge on any atom is -0.396 e. The lowest BCUT2D eigenvalue weighted by molar-refractivity contribution is 0.350. The molecule has 2 N–H and O–H groups in total. The van der Waals surface area contributed by atoms with Crippen molar-refractivity contribution in [3.8, 4) is 6.07 Å². The first-order valence-corrected chi connectivity index (χ1v) is 8.26. The minimum absolute atomic E-state index is 0.458. The molecule has 1 aliphatic heterocycles. The fraction of sp³-hybridized carbons (Fsp3) is 0.706. The zero-order chi connectivity index (χ0) is 15.0. The summed E-state index contributed by atoms with van der Waals surface area (Å²) < 4.78 is 2.24. The summed E-state index contributed by atoms with van der Waals surface area (Å²) in [4.78, 5) is 2.42. The van der Waals surface area contributed by atoms with Gasteiger partial charge < -0.3 is 15.2 Å². The van der Waals surface area contributed by atoms with Gasteiger partial charge in [0.25, 0.3) is 0 Å². The lowest BCUT2D eigenvalue weighted by Gasteiger charge is -2.38. The molecule has 0 amide bonds. The van der Waals surface area contributed by atoms with E-state index in [4.69, 9.17) is 5.73 Å². The molecule has 1 saturated heterocycles. The monoisotopic (exact) mass is 286 g/mol. The van der Waals surface area contributed by atoms with E-state index in [9.17, 15) is 5.26 Å². The van der Waals surface area contributed by atoms with Gasteiger partial charge in [-0.2, -0.15) is 5.26 Å². The van der Waals surface area contributed by atoms with Crippen molar-refractivity contribution in [2.24, 2.45) is 11.8 Å². The van der Waals surface area contributed by atoms with Gasteiger partial charge in [-0.15, -0.1) is 0 Å². The molecule has 114 valence electrons. The number of nitriles is 1. The average Bonchev–Trinajstić information content (AvgIpc) is 3.03. The maximum atomic E-state index is 9.47. The lowest BCUT2D eigenvalue weighted by atomic mass is 9.92. The minimum atomic E-state index is 0.458. The molecule has 21 heavy (non-hydrogen) atoms. The molecule has 2 heterocycles. The number of nitrogen functional groups attached to an aromatic ring is 1. The van der Waals surface area contributed by atoms with Crippen LogP contribution in [-0.4, -0.2) is 17.7 Å². The van der Waals surface area contributed by atoms with Gasteiger partial charge in [0.05, 0.1) is 5.69 Å². The summed E-state index contributed by atoms with van der Waals surface area (Å²) in [6.45, 7) is 6.73. The molecule has 0 unspecified atom stereocenters. The third kappa shape index (κ3) is 2.62. The summed E-state index contributed by atoms with van der Waals surface area (Å²) in [5, 5.41) is 9.47. The Morgan fingerprint density at radius 1 is 1.19 bits per heavy atom. The Balaban J connectivity index is 2.00. The molecule has 0 aromatic carbocycles. The molecule has 4 nitrogen and oxygen atoms in total. The van der Waals surface area contributed by atoms with E-state index >= 15 is 0 Å². The topological polar surface area (TPSA) is 58.0 Å². The SMILES string of the molecule is C[C@@H]1C[C@@H](C)CN(c2c(N)cc(C#N)n2C2CCCC2)C1. The Labute approximate surface area is 127 Å². The van der Waals surface area contributed by atoms with E-state index in [0.717, 1.165) is 30.3 Å². The van der Waals surface area contributed by atoms with E-state index in [-0.39, 0.29) is 0 Å². The highest BCUT2D eigenvalue weighted by atomic mass is 15.3. The number of hydrogen-bond donors (Lipinski definition) is 1. The quantitative estimate of drug-likeness (QED) is 0.904. The number of rotatable bonds is 2. The van der Waals surface area contributed by atoms with Gasteiger partial charge in [-0.25, -0.2) is 0 Å². The first-order chi connectivity index (χ1) is 10.1. The van der Waals surface area contributed by atoms with Gasteiger partial charge >= 0.3 is 0 Å². The maximum Gasteiger partial charge on any atom is 0.133 e. The number of aromatic nitrogens is 1. The highest BCUT2D eigenvalue weighted by Crippen LogP contribution is 2.40. The molecule has 1 aliphatic carbocycles. The Morgan fingerprint density at radius 3 is 2.38 bits per heavy atom. The molecule has 4 heteroatoms. The van der Waals surface area contributed by atoms with Crippen molar-refractivity contribution in [3.63, 3.8) is 0 Å². The fourth-order valence-corrected chi connectivity index (χ4v) is 4.32. The predicted octanol–water partition coefficient (Wildman–Crippen LogP) is 3.54. The Bertz CT molecular complexity index is 538. The van der Waals surface area contributed by atoms with Crippen molar-refractivity contribution >= 4 is 11.5 Å². The van der Waals surface area contributed by atoms with Crippen LogP contribution in [0.3, 0.4) is 0 Å². The van der Waals surface area contributed by atoms with Gasteiger partial charge in [0.1, 0.15) is 17.6 Å². The van der Waals surface area contributed by atoms with Crippen LogP contribution in [-0.2, 0) is 0 Å². The molecule has 0 radical (unpaired) electrons. The molecule has 2 atom stereocenters. The molecule has 2 fully saturated rings. The molecule has 0 bridgehead atoms. The van der Waals surface area contributed by atoms with E-state index in [2.05, 4.69) is 29.4 Å². The molecule has 1 aromatic heterocycles. The van der Waals surface area contributed by atoms with Gasteiger partial charge in [0.15, 0.2) is 0 Å². The molecular weight excluding hydrogens is 260 g/mol. The summed E-state index contributed by atoms with van der Waals surface area (Å²) in [5.74, 6) is 2.48. The van der Waals surface area contributed by atoms with E-state index < -0.39 is 0 Å². The first-order valence-electron chi connectivity index (χ1n) is 8.26. The van der Waals surface area contributed by atoms with Gasteiger partial charge in [0, 0.05) is 19.1 Å². The standard InChI is InChI=1S/C17H26N4/c1-12-7-13(2)11-20(10-12)17-16(19)8-15(9-18)21(17)14-5-3-4-6-14/h8,12-14H,3-7,10-11,19H2,1-2H3/t12-,13-/m1/s1. The number of anilines is 2. The number of nitrogens with two attached hydrogens (primary N) is 1.